The van der Waals surface area contributed by atoms with E-state index in [0.29, 0.717) is 18.0 Å². The van der Waals surface area contributed by atoms with Gasteiger partial charge in [-0.2, -0.15) is 10.4 Å². The van der Waals surface area contributed by atoms with Gasteiger partial charge in [0, 0.05) is 32.0 Å². The van der Waals surface area contributed by atoms with Crippen LogP contribution in [0.25, 0.3) is 11.1 Å². The number of ether oxygens (including phenoxy) is 2. The molecule has 0 saturated carbocycles. The zero-order valence-corrected chi connectivity index (χ0v) is 15.2. The van der Waals surface area contributed by atoms with Crippen molar-refractivity contribution >= 4 is 8.07 Å². The number of benzene rings is 1. The van der Waals surface area contributed by atoms with Crippen LogP contribution in [0, 0.1) is 11.3 Å². The standard InChI is InChI=1S/C17H23N3O2Si/c1-21-17-9-14(10-18)5-6-16(17)15-11-19-20(12-15)13-22-7-8-23(2,3)4/h5-6,9,11-12H,7-8,13H2,1-4H3. The predicted molar refractivity (Wildman–Crippen MR) is 93.0 cm³/mol. The second-order valence-electron chi connectivity index (χ2n) is 6.64. The van der Waals surface area contributed by atoms with Crippen LogP contribution in [0.2, 0.25) is 25.7 Å². The Morgan fingerprint density at radius 2 is 2.09 bits per heavy atom. The van der Waals surface area contributed by atoms with Crippen molar-refractivity contribution in [3.8, 4) is 22.9 Å². The molecule has 1 aromatic carbocycles. The van der Waals surface area contributed by atoms with Gasteiger partial charge in [0.25, 0.3) is 0 Å². The van der Waals surface area contributed by atoms with E-state index in [-0.39, 0.29) is 0 Å². The van der Waals surface area contributed by atoms with Gasteiger partial charge >= 0.3 is 0 Å². The average molecular weight is 329 g/mol. The molecule has 6 heteroatoms. The summed E-state index contributed by atoms with van der Waals surface area (Å²) in [5.41, 5.74) is 2.44. The van der Waals surface area contributed by atoms with Crippen LogP contribution in [0.5, 0.6) is 5.75 Å². The molecule has 1 aromatic heterocycles. The first kappa shape index (κ1) is 17.3. The second kappa shape index (κ2) is 7.44. The van der Waals surface area contributed by atoms with Crippen LogP contribution in [0.3, 0.4) is 0 Å². The van der Waals surface area contributed by atoms with Gasteiger partial charge in [0.15, 0.2) is 0 Å². The van der Waals surface area contributed by atoms with Crippen molar-refractivity contribution < 1.29 is 9.47 Å². The number of hydrogen-bond donors (Lipinski definition) is 0. The molecule has 5 nitrogen and oxygen atoms in total. The van der Waals surface area contributed by atoms with Crippen LogP contribution in [0.4, 0.5) is 0 Å². The molecule has 1 heterocycles. The van der Waals surface area contributed by atoms with Crippen molar-refractivity contribution in [1.29, 1.82) is 5.26 Å². The molecule has 0 radical (unpaired) electrons. The van der Waals surface area contributed by atoms with Crippen LogP contribution >= 0.6 is 0 Å². The van der Waals surface area contributed by atoms with E-state index in [1.165, 1.54) is 0 Å². The fourth-order valence-electron chi connectivity index (χ4n) is 2.11. The lowest BCUT2D eigenvalue weighted by Gasteiger charge is -2.15. The number of nitriles is 1. The molecule has 0 bridgehead atoms. The van der Waals surface area contributed by atoms with Gasteiger partial charge in [0.2, 0.25) is 0 Å². The monoisotopic (exact) mass is 329 g/mol. The Morgan fingerprint density at radius 1 is 1.30 bits per heavy atom. The number of rotatable bonds is 7. The average Bonchev–Trinajstić information content (AvgIpc) is 2.98. The second-order valence-corrected chi connectivity index (χ2v) is 12.3. The molecule has 0 N–H and O–H groups in total. The summed E-state index contributed by atoms with van der Waals surface area (Å²) in [6.07, 6.45) is 3.71. The van der Waals surface area contributed by atoms with Gasteiger partial charge in [0.05, 0.1) is 24.9 Å². The number of aromatic nitrogens is 2. The van der Waals surface area contributed by atoms with Crippen LogP contribution in [-0.4, -0.2) is 31.6 Å². The van der Waals surface area contributed by atoms with E-state index >= 15 is 0 Å². The van der Waals surface area contributed by atoms with Gasteiger partial charge in [-0.05, 0) is 24.2 Å². The van der Waals surface area contributed by atoms with Crippen molar-refractivity contribution in [2.75, 3.05) is 13.7 Å². The van der Waals surface area contributed by atoms with Gasteiger partial charge in [-0.15, -0.1) is 0 Å². The maximum atomic E-state index is 8.97. The number of hydrogen-bond acceptors (Lipinski definition) is 4. The van der Waals surface area contributed by atoms with Gasteiger partial charge in [-0.25, -0.2) is 4.68 Å². The Morgan fingerprint density at radius 3 is 2.74 bits per heavy atom. The molecule has 0 spiro atoms. The summed E-state index contributed by atoms with van der Waals surface area (Å²) in [6.45, 7) is 8.22. The van der Waals surface area contributed by atoms with Crippen molar-refractivity contribution in [2.24, 2.45) is 0 Å². The lowest BCUT2D eigenvalue weighted by atomic mass is 10.1. The highest BCUT2D eigenvalue weighted by Gasteiger charge is 2.12. The Hall–Kier alpha value is -2.10. The third-order valence-electron chi connectivity index (χ3n) is 3.49. The van der Waals surface area contributed by atoms with Crippen molar-refractivity contribution in [3.63, 3.8) is 0 Å². The van der Waals surface area contributed by atoms with E-state index in [2.05, 4.69) is 30.8 Å². The summed E-state index contributed by atoms with van der Waals surface area (Å²) in [5.74, 6) is 0.670. The van der Waals surface area contributed by atoms with E-state index in [1.807, 2.05) is 12.3 Å². The molecule has 0 aliphatic heterocycles. The van der Waals surface area contributed by atoms with Crippen molar-refractivity contribution in [2.45, 2.75) is 32.4 Å². The van der Waals surface area contributed by atoms with Gasteiger partial charge in [0.1, 0.15) is 12.5 Å². The first-order valence-corrected chi connectivity index (χ1v) is 11.3. The first-order valence-electron chi connectivity index (χ1n) is 7.61. The quantitative estimate of drug-likeness (QED) is 0.573. The van der Waals surface area contributed by atoms with E-state index in [4.69, 9.17) is 14.7 Å². The minimum absolute atomic E-state index is 0.447. The third kappa shape index (κ3) is 4.95. The molecular weight excluding hydrogens is 306 g/mol. The molecule has 122 valence electrons. The van der Waals surface area contributed by atoms with Crippen LogP contribution < -0.4 is 4.74 Å². The molecule has 0 fully saturated rings. The van der Waals surface area contributed by atoms with Gasteiger partial charge in [-0.1, -0.05) is 19.6 Å². The third-order valence-corrected chi connectivity index (χ3v) is 5.20. The molecule has 2 aromatic rings. The van der Waals surface area contributed by atoms with Crippen LogP contribution in [0.15, 0.2) is 30.6 Å². The maximum Gasteiger partial charge on any atom is 0.139 e. The Bertz CT molecular complexity index is 699. The maximum absolute atomic E-state index is 8.97. The minimum Gasteiger partial charge on any atom is -0.496 e. The Balaban J connectivity index is 2.03. The zero-order valence-electron chi connectivity index (χ0n) is 14.2. The normalized spacial score (nSPS) is 11.3. The highest BCUT2D eigenvalue weighted by atomic mass is 28.3. The van der Waals surface area contributed by atoms with E-state index in [9.17, 15) is 0 Å². The highest BCUT2D eigenvalue weighted by Crippen LogP contribution is 2.30. The molecule has 0 atom stereocenters. The smallest absolute Gasteiger partial charge is 0.139 e. The fraction of sp³-hybridized carbons (Fsp3) is 0.412. The Labute approximate surface area is 138 Å². The summed E-state index contributed by atoms with van der Waals surface area (Å²) in [4.78, 5) is 0. The largest absolute Gasteiger partial charge is 0.496 e. The molecule has 0 aliphatic rings. The Kier molecular flexibility index (Phi) is 5.58. The molecular formula is C17H23N3O2Si. The van der Waals surface area contributed by atoms with Gasteiger partial charge < -0.3 is 9.47 Å². The topological polar surface area (TPSA) is 60.1 Å². The number of methoxy groups -OCH3 is 1. The van der Waals surface area contributed by atoms with E-state index in [1.54, 1.807) is 30.1 Å². The SMILES string of the molecule is COc1cc(C#N)ccc1-c1cnn(COCC[Si](C)(C)C)c1. The zero-order chi connectivity index (χ0) is 16.9. The summed E-state index contributed by atoms with van der Waals surface area (Å²) >= 11 is 0. The van der Waals surface area contributed by atoms with Gasteiger partial charge in [-0.3, -0.25) is 0 Å². The molecule has 0 aliphatic carbocycles. The highest BCUT2D eigenvalue weighted by molar-refractivity contribution is 6.76. The van der Waals surface area contributed by atoms with Crippen LogP contribution in [-0.2, 0) is 11.5 Å². The number of nitrogens with zero attached hydrogens (tertiary/aromatic N) is 3. The molecule has 0 saturated heterocycles. The summed E-state index contributed by atoms with van der Waals surface area (Å²) in [7, 11) is 0.539. The van der Waals surface area contributed by atoms with Crippen LogP contribution in [0.1, 0.15) is 5.56 Å². The summed E-state index contributed by atoms with van der Waals surface area (Å²) in [6, 6.07) is 8.65. The van der Waals surface area contributed by atoms with E-state index in [0.717, 1.165) is 23.8 Å². The summed E-state index contributed by atoms with van der Waals surface area (Å²) < 4.78 is 12.8. The molecule has 0 unspecified atom stereocenters. The minimum atomic E-state index is -1.06. The summed E-state index contributed by atoms with van der Waals surface area (Å²) in [5, 5.41) is 13.3. The van der Waals surface area contributed by atoms with E-state index < -0.39 is 8.07 Å². The molecule has 23 heavy (non-hydrogen) atoms. The van der Waals surface area contributed by atoms with Crippen molar-refractivity contribution in [3.05, 3.63) is 36.2 Å². The lowest BCUT2D eigenvalue weighted by molar-refractivity contribution is 0.0786. The predicted octanol–water partition coefficient (Wildman–Crippen LogP) is 3.74. The fourth-order valence-corrected chi connectivity index (χ4v) is 2.87. The lowest BCUT2D eigenvalue weighted by Crippen LogP contribution is -2.22. The first-order chi connectivity index (χ1) is 10.9. The molecule has 2 rings (SSSR count). The van der Waals surface area contributed by atoms with Crippen molar-refractivity contribution in [1.82, 2.24) is 9.78 Å². The molecule has 0 amide bonds.